The zero-order chi connectivity index (χ0) is 16.5. The molecule has 0 aliphatic rings. The van der Waals surface area contributed by atoms with E-state index in [1.165, 1.54) is 0 Å². The number of methoxy groups -OCH3 is 2. The molecule has 0 fully saturated rings. The van der Waals surface area contributed by atoms with E-state index >= 15 is 0 Å². The van der Waals surface area contributed by atoms with Gasteiger partial charge in [0.1, 0.15) is 17.6 Å². The number of ether oxygens (including phenoxy) is 3. The Hall–Kier alpha value is -2.30. The molecular formula is C19H22O4. The third kappa shape index (κ3) is 4.84. The molecule has 0 aliphatic heterocycles. The third-order valence-electron chi connectivity index (χ3n) is 3.47. The molecule has 23 heavy (non-hydrogen) atoms. The van der Waals surface area contributed by atoms with E-state index in [-0.39, 0.29) is 12.7 Å². The lowest BCUT2D eigenvalue weighted by Crippen LogP contribution is -2.07. The van der Waals surface area contributed by atoms with Crippen molar-refractivity contribution in [3.8, 4) is 11.5 Å². The Morgan fingerprint density at radius 1 is 0.826 bits per heavy atom. The molecule has 0 atom stereocenters. The third-order valence-corrected chi connectivity index (χ3v) is 3.47. The number of aliphatic hydroxyl groups is 1. The standard InChI is InChI=1S/C19H22O4/c1-21-17-9-5-15(6-10-17)19(23-14-4-3-13-20)16-7-11-18(22-2)12-8-16/h3-12,19-20H,13-14H2,1-2H3/b4-3-. The minimum Gasteiger partial charge on any atom is -0.497 e. The summed E-state index contributed by atoms with van der Waals surface area (Å²) in [7, 11) is 3.29. The van der Waals surface area contributed by atoms with Gasteiger partial charge in [0, 0.05) is 0 Å². The molecule has 122 valence electrons. The summed E-state index contributed by atoms with van der Waals surface area (Å²) < 4.78 is 16.4. The van der Waals surface area contributed by atoms with E-state index in [9.17, 15) is 0 Å². The Labute approximate surface area is 136 Å². The number of rotatable bonds is 8. The van der Waals surface area contributed by atoms with Crippen molar-refractivity contribution in [1.29, 1.82) is 0 Å². The van der Waals surface area contributed by atoms with Gasteiger partial charge in [0.05, 0.1) is 27.4 Å². The monoisotopic (exact) mass is 314 g/mol. The molecule has 4 nitrogen and oxygen atoms in total. The molecule has 2 aromatic rings. The summed E-state index contributed by atoms with van der Waals surface area (Å²) in [5.74, 6) is 1.62. The maximum absolute atomic E-state index is 8.81. The average Bonchev–Trinajstić information content (AvgIpc) is 2.62. The highest BCUT2D eigenvalue weighted by Gasteiger charge is 2.14. The van der Waals surface area contributed by atoms with Gasteiger partial charge in [0.15, 0.2) is 0 Å². The molecule has 0 unspecified atom stereocenters. The molecule has 0 radical (unpaired) electrons. The number of hydrogen-bond donors (Lipinski definition) is 1. The summed E-state index contributed by atoms with van der Waals surface area (Å²) in [6, 6.07) is 15.6. The van der Waals surface area contributed by atoms with E-state index < -0.39 is 0 Å². The highest BCUT2D eigenvalue weighted by Crippen LogP contribution is 2.28. The van der Waals surface area contributed by atoms with Crippen molar-refractivity contribution in [2.45, 2.75) is 6.10 Å². The van der Waals surface area contributed by atoms with Crippen LogP contribution in [0.1, 0.15) is 17.2 Å². The van der Waals surface area contributed by atoms with Gasteiger partial charge in [-0.25, -0.2) is 0 Å². The predicted octanol–water partition coefficient (Wildman–Crippen LogP) is 3.36. The van der Waals surface area contributed by atoms with Crippen LogP contribution >= 0.6 is 0 Å². The van der Waals surface area contributed by atoms with Crippen LogP contribution in [0.2, 0.25) is 0 Å². The zero-order valence-electron chi connectivity index (χ0n) is 13.4. The van der Waals surface area contributed by atoms with Crippen LogP contribution in [0, 0.1) is 0 Å². The molecule has 0 saturated heterocycles. The van der Waals surface area contributed by atoms with Crippen molar-refractivity contribution in [2.24, 2.45) is 0 Å². The second-order valence-corrected chi connectivity index (χ2v) is 4.91. The van der Waals surface area contributed by atoms with Crippen molar-refractivity contribution in [3.63, 3.8) is 0 Å². The van der Waals surface area contributed by atoms with Crippen molar-refractivity contribution in [1.82, 2.24) is 0 Å². The van der Waals surface area contributed by atoms with E-state index in [1.54, 1.807) is 26.4 Å². The van der Waals surface area contributed by atoms with Crippen molar-refractivity contribution in [2.75, 3.05) is 27.4 Å². The van der Waals surface area contributed by atoms with Gasteiger partial charge in [0.2, 0.25) is 0 Å². The van der Waals surface area contributed by atoms with Gasteiger partial charge >= 0.3 is 0 Å². The van der Waals surface area contributed by atoms with E-state index in [1.807, 2.05) is 48.5 Å². The molecule has 0 aliphatic carbocycles. The van der Waals surface area contributed by atoms with Gasteiger partial charge in [-0.1, -0.05) is 36.4 Å². The Kier molecular flexibility index (Phi) is 6.66. The molecule has 0 amide bonds. The second kappa shape index (κ2) is 8.98. The molecule has 0 bridgehead atoms. The number of benzene rings is 2. The smallest absolute Gasteiger partial charge is 0.118 e. The van der Waals surface area contributed by atoms with E-state index in [4.69, 9.17) is 19.3 Å². The van der Waals surface area contributed by atoms with Gasteiger partial charge in [-0.05, 0) is 35.4 Å². The van der Waals surface area contributed by atoms with Crippen LogP contribution in [0.15, 0.2) is 60.7 Å². The van der Waals surface area contributed by atoms with Crippen LogP contribution in [0.3, 0.4) is 0 Å². The predicted molar refractivity (Wildman–Crippen MR) is 90.0 cm³/mol. The van der Waals surface area contributed by atoms with E-state index in [2.05, 4.69) is 0 Å². The molecule has 2 aromatic carbocycles. The summed E-state index contributed by atoms with van der Waals surface area (Å²) in [6.07, 6.45) is 3.27. The fourth-order valence-corrected chi connectivity index (χ4v) is 2.24. The van der Waals surface area contributed by atoms with Crippen LogP contribution < -0.4 is 9.47 Å². The molecular weight excluding hydrogens is 292 g/mol. The highest BCUT2D eigenvalue weighted by atomic mass is 16.5. The van der Waals surface area contributed by atoms with Crippen LogP contribution in [0.4, 0.5) is 0 Å². The van der Waals surface area contributed by atoms with E-state index in [0.717, 1.165) is 22.6 Å². The topological polar surface area (TPSA) is 47.9 Å². The Morgan fingerprint density at radius 3 is 1.70 bits per heavy atom. The van der Waals surface area contributed by atoms with Gasteiger partial charge in [0.25, 0.3) is 0 Å². The first-order valence-electron chi connectivity index (χ1n) is 7.44. The largest absolute Gasteiger partial charge is 0.497 e. The maximum Gasteiger partial charge on any atom is 0.118 e. The summed E-state index contributed by atoms with van der Waals surface area (Å²) in [6.45, 7) is 0.433. The van der Waals surface area contributed by atoms with Crippen LogP contribution in [0.25, 0.3) is 0 Å². The lowest BCUT2D eigenvalue weighted by Gasteiger charge is -2.19. The molecule has 1 N–H and O–H groups in total. The molecule has 0 heterocycles. The molecule has 0 saturated carbocycles. The Balaban J connectivity index is 2.23. The van der Waals surface area contributed by atoms with Crippen LogP contribution in [-0.4, -0.2) is 32.5 Å². The summed E-state index contributed by atoms with van der Waals surface area (Å²) >= 11 is 0. The second-order valence-electron chi connectivity index (χ2n) is 4.91. The summed E-state index contributed by atoms with van der Waals surface area (Å²) in [5.41, 5.74) is 2.07. The SMILES string of the molecule is COc1ccc(C(OC/C=C\CO)c2ccc(OC)cc2)cc1. The van der Waals surface area contributed by atoms with Gasteiger partial charge in [-0.3, -0.25) is 0 Å². The van der Waals surface area contributed by atoms with Gasteiger partial charge < -0.3 is 19.3 Å². The van der Waals surface area contributed by atoms with Crippen LogP contribution in [0.5, 0.6) is 11.5 Å². The molecule has 2 rings (SSSR count). The molecule has 0 aromatic heterocycles. The number of aliphatic hydroxyl groups excluding tert-OH is 1. The first-order chi connectivity index (χ1) is 11.3. The van der Waals surface area contributed by atoms with Crippen molar-refractivity contribution < 1.29 is 19.3 Å². The van der Waals surface area contributed by atoms with Crippen molar-refractivity contribution >= 4 is 0 Å². The Morgan fingerprint density at radius 2 is 1.30 bits per heavy atom. The lowest BCUT2D eigenvalue weighted by molar-refractivity contribution is 0.104. The van der Waals surface area contributed by atoms with Crippen LogP contribution in [-0.2, 0) is 4.74 Å². The van der Waals surface area contributed by atoms with Gasteiger partial charge in [-0.2, -0.15) is 0 Å². The first-order valence-corrected chi connectivity index (χ1v) is 7.44. The minimum absolute atomic E-state index is 0.0130. The summed E-state index contributed by atoms with van der Waals surface area (Å²) in [4.78, 5) is 0. The molecule has 0 spiro atoms. The van der Waals surface area contributed by atoms with Gasteiger partial charge in [-0.15, -0.1) is 0 Å². The average molecular weight is 314 g/mol. The van der Waals surface area contributed by atoms with Crippen molar-refractivity contribution in [3.05, 3.63) is 71.8 Å². The minimum atomic E-state index is -0.199. The highest BCUT2D eigenvalue weighted by molar-refractivity contribution is 5.36. The fourth-order valence-electron chi connectivity index (χ4n) is 2.24. The maximum atomic E-state index is 8.81. The molecule has 4 heteroatoms. The summed E-state index contributed by atoms with van der Waals surface area (Å²) in [5, 5.41) is 8.81. The normalized spacial score (nSPS) is 11.1. The first kappa shape index (κ1) is 17.1. The zero-order valence-corrected chi connectivity index (χ0v) is 13.4. The fraction of sp³-hybridized carbons (Fsp3) is 0.263. The lowest BCUT2D eigenvalue weighted by atomic mass is 10.0. The quantitative estimate of drug-likeness (QED) is 0.759. The Bertz CT molecular complexity index is 555. The van der Waals surface area contributed by atoms with E-state index in [0.29, 0.717) is 6.61 Å². The number of hydrogen-bond acceptors (Lipinski definition) is 4.